The molecule has 7 heteroatoms. The predicted molar refractivity (Wildman–Crippen MR) is 117 cm³/mol. The average Bonchev–Trinajstić information content (AvgIpc) is 3.18. The molecule has 0 aliphatic heterocycles. The second-order valence-electron chi connectivity index (χ2n) is 7.93. The van der Waals surface area contributed by atoms with Gasteiger partial charge in [0.05, 0.1) is 17.6 Å². The van der Waals surface area contributed by atoms with Gasteiger partial charge in [-0.25, -0.2) is 9.48 Å². The molecule has 3 aromatic rings. The molecule has 2 aromatic carbocycles. The summed E-state index contributed by atoms with van der Waals surface area (Å²) in [5, 5.41) is 13.9. The van der Waals surface area contributed by atoms with Crippen LogP contribution in [0.3, 0.4) is 0 Å². The summed E-state index contributed by atoms with van der Waals surface area (Å²) in [6.07, 6.45) is 3.63. The minimum atomic E-state index is -1.46. The first-order chi connectivity index (χ1) is 15.0. The number of anilines is 2. The van der Waals surface area contributed by atoms with Crippen molar-refractivity contribution >= 4 is 23.6 Å². The number of nitrogens with zero attached hydrogens (tertiary/aromatic N) is 3. The Kier molecular flexibility index (Phi) is 6.02. The van der Waals surface area contributed by atoms with Gasteiger partial charge in [0.1, 0.15) is 0 Å². The molecule has 1 aliphatic carbocycles. The molecule has 7 nitrogen and oxygen atoms in total. The Hall–Kier alpha value is -3.61. The molecule has 0 unspecified atom stereocenters. The Balaban J connectivity index is 1.79. The van der Waals surface area contributed by atoms with E-state index in [0.717, 1.165) is 31.4 Å². The van der Waals surface area contributed by atoms with Crippen LogP contribution in [0.2, 0.25) is 0 Å². The largest absolute Gasteiger partial charge is 0.511 e. The number of hydrogen-bond donors (Lipinski definition) is 1. The van der Waals surface area contributed by atoms with E-state index in [1.54, 1.807) is 0 Å². The zero-order valence-electron chi connectivity index (χ0n) is 17.3. The fourth-order valence-corrected chi connectivity index (χ4v) is 4.00. The first-order valence-corrected chi connectivity index (χ1v) is 10.5. The van der Waals surface area contributed by atoms with Crippen LogP contribution in [-0.4, -0.2) is 26.9 Å². The van der Waals surface area contributed by atoms with Crippen molar-refractivity contribution in [2.75, 3.05) is 4.90 Å². The second-order valence-corrected chi connectivity index (χ2v) is 7.93. The Morgan fingerprint density at radius 3 is 2.23 bits per heavy atom. The van der Waals surface area contributed by atoms with Crippen molar-refractivity contribution in [1.82, 2.24) is 9.78 Å². The maximum Gasteiger partial charge on any atom is 0.511 e. The summed E-state index contributed by atoms with van der Waals surface area (Å²) in [6, 6.07) is 18.5. The quantitative estimate of drug-likeness (QED) is 0.558. The van der Waals surface area contributed by atoms with Gasteiger partial charge in [0, 0.05) is 5.92 Å². The van der Waals surface area contributed by atoms with Gasteiger partial charge in [0.2, 0.25) is 11.7 Å². The second kappa shape index (κ2) is 9.04. The molecule has 1 aromatic heterocycles. The molecule has 0 bridgehead atoms. The van der Waals surface area contributed by atoms with E-state index in [2.05, 4.69) is 12.0 Å². The highest BCUT2D eigenvalue weighted by Gasteiger charge is 2.33. The number of hydrogen-bond acceptors (Lipinski definition) is 4. The van der Waals surface area contributed by atoms with Gasteiger partial charge in [-0.15, -0.1) is 5.10 Å². The molecule has 1 amide bonds. The van der Waals surface area contributed by atoms with Crippen molar-refractivity contribution in [3.63, 3.8) is 0 Å². The van der Waals surface area contributed by atoms with Crippen LogP contribution in [0.1, 0.15) is 32.6 Å². The summed E-state index contributed by atoms with van der Waals surface area (Å²) in [4.78, 5) is 26.5. The maximum absolute atomic E-state index is 13.7. The zero-order chi connectivity index (χ0) is 21.8. The van der Waals surface area contributed by atoms with Gasteiger partial charge < -0.3 is 9.84 Å². The molecule has 1 saturated carbocycles. The standard InChI is InChI=1S/C24H25N3O4/c1-17-12-14-18(15-13-17)23(28)27(20-10-6-3-7-11-20)22-21(31-24(29)30)16-26(25-22)19-8-4-2-5-9-19/h2-11,16-18H,12-15H2,1H3,(H,29,30)/t17-,18-. The van der Waals surface area contributed by atoms with Crippen LogP contribution in [0, 0.1) is 11.8 Å². The van der Waals surface area contributed by atoms with Gasteiger partial charge >= 0.3 is 6.16 Å². The number of para-hydroxylation sites is 2. The molecule has 1 aliphatic rings. The lowest BCUT2D eigenvalue weighted by atomic mass is 9.82. The fraction of sp³-hybridized carbons (Fsp3) is 0.292. The van der Waals surface area contributed by atoms with E-state index in [9.17, 15) is 14.7 Å². The van der Waals surface area contributed by atoms with Crippen molar-refractivity contribution in [2.24, 2.45) is 11.8 Å². The number of carboxylic acid groups (broad SMARTS) is 1. The van der Waals surface area contributed by atoms with E-state index in [1.165, 1.54) is 15.8 Å². The van der Waals surface area contributed by atoms with Gasteiger partial charge in [0.25, 0.3) is 0 Å². The normalized spacial score (nSPS) is 18.4. The Labute approximate surface area is 180 Å². The average molecular weight is 419 g/mol. The van der Waals surface area contributed by atoms with Crippen molar-refractivity contribution in [3.8, 4) is 11.4 Å². The third-order valence-electron chi connectivity index (χ3n) is 5.69. The van der Waals surface area contributed by atoms with Gasteiger partial charge in [-0.3, -0.25) is 9.69 Å². The van der Waals surface area contributed by atoms with Gasteiger partial charge in [-0.05, 0) is 55.9 Å². The number of ether oxygens (including phenoxy) is 1. The first-order valence-electron chi connectivity index (χ1n) is 10.5. The minimum Gasteiger partial charge on any atom is -0.449 e. The van der Waals surface area contributed by atoms with Gasteiger partial charge in [-0.1, -0.05) is 43.3 Å². The number of amides is 1. The molecule has 0 spiro atoms. The lowest BCUT2D eigenvalue weighted by molar-refractivity contribution is -0.122. The molecular formula is C24H25N3O4. The third kappa shape index (κ3) is 4.60. The first kappa shape index (κ1) is 20.7. The molecule has 1 N–H and O–H groups in total. The van der Waals surface area contributed by atoms with E-state index < -0.39 is 6.16 Å². The summed E-state index contributed by atoms with van der Waals surface area (Å²) >= 11 is 0. The van der Waals surface area contributed by atoms with E-state index in [1.807, 2.05) is 60.7 Å². The molecule has 1 heterocycles. The van der Waals surface area contributed by atoms with Crippen molar-refractivity contribution in [2.45, 2.75) is 32.6 Å². The lowest BCUT2D eigenvalue weighted by Crippen LogP contribution is -2.35. The summed E-state index contributed by atoms with van der Waals surface area (Å²) < 4.78 is 6.57. The lowest BCUT2D eigenvalue weighted by Gasteiger charge is -2.30. The smallest absolute Gasteiger partial charge is 0.449 e. The summed E-state index contributed by atoms with van der Waals surface area (Å²) in [6.45, 7) is 2.20. The van der Waals surface area contributed by atoms with Crippen LogP contribution in [0.25, 0.3) is 5.69 Å². The van der Waals surface area contributed by atoms with Crippen LogP contribution in [0.4, 0.5) is 16.3 Å². The van der Waals surface area contributed by atoms with Crippen molar-refractivity contribution in [3.05, 3.63) is 66.9 Å². The van der Waals surface area contributed by atoms with E-state index in [4.69, 9.17) is 4.74 Å². The fourth-order valence-electron chi connectivity index (χ4n) is 4.00. The van der Waals surface area contributed by atoms with Crippen LogP contribution in [0.5, 0.6) is 5.75 Å². The Morgan fingerprint density at radius 2 is 1.61 bits per heavy atom. The van der Waals surface area contributed by atoms with Gasteiger partial charge in [-0.2, -0.15) is 0 Å². The monoisotopic (exact) mass is 419 g/mol. The number of rotatable bonds is 5. The maximum atomic E-state index is 13.7. The van der Waals surface area contributed by atoms with Crippen LogP contribution in [0.15, 0.2) is 66.9 Å². The minimum absolute atomic E-state index is 0.0118. The Bertz CT molecular complexity index is 1040. The molecule has 31 heavy (non-hydrogen) atoms. The summed E-state index contributed by atoms with van der Waals surface area (Å²) in [5.74, 6) is 0.554. The molecule has 160 valence electrons. The SMILES string of the molecule is C[C@H]1CC[C@H](C(=O)N(c2ccccc2)c2nn(-c3ccccc3)cc2OC(=O)O)CC1. The molecule has 0 atom stereocenters. The third-order valence-corrected chi connectivity index (χ3v) is 5.69. The number of carbonyl (C=O) groups is 2. The molecule has 1 fully saturated rings. The number of benzene rings is 2. The highest BCUT2D eigenvalue weighted by atomic mass is 16.7. The van der Waals surface area contributed by atoms with Gasteiger partial charge in [0.15, 0.2) is 5.75 Å². The van der Waals surface area contributed by atoms with Crippen molar-refractivity contribution < 1.29 is 19.4 Å². The summed E-state index contributed by atoms with van der Waals surface area (Å²) in [5.41, 5.74) is 1.36. The molecular weight excluding hydrogens is 394 g/mol. The van der Waals surface area contributed by atoms with Crippen LogP contribution >= 0.6 is 0 Å². The molecule has 0 radical (unpaired) electrons. The molecule has 0 saturated heterocycles. The topological polar surface area (TPSA) is 84.7 Å². The number of carbonyl (C=O) groups excluding carboxylic acids is 1. The highest BCUT2D eigenvalue weighted by molar-refractivity contribution is 6.02. The molecule has 4 rings (SSSR count). The number of aromatic nitrogens is 2. The van der Waals surface area contributed by atoms with Crippen molar-refractivity contribution in [1.29, 1.82) is 0 Å². The zero-order valence-corrected chi connectivity index (χ0v) is 17.3. The van der Waals surface area contributed by atoms with E-state index in [0.29, 0.717) is 11.6 Å². The van der Waals surface area contributed by atoms with Crippen LogP contribution in [-0.2, 0) is 4.79 Å². The van der Waals surface area contributed by atoms with E-state index in [-0.39, 0.29) is 23.4 Å². The predicted octanol–water partition coefficient (Wildman–Crippen LogP) is 5.42. The van der Waals surface area contributed by atoms with Crippen LogP contribution < -0.4 is 9.64 Å². The van der Waals surface area contributed by atoms with E-state index >= 15 is 0 Å². The Morgan fingerprint density at radius 1 is 1.00 bits per heavy atom. The summed E-state index contributed by atoms with van der Waals surface area (Å²) in [7, 11) is 0. The highest BCUT2D eigenvalue weighted by Crippen LogP contribution is 2.38.